The maximum Gasteiger partial charge on any atom is 0.243 e. The van der Waals surface area contributed by atoms with Crippen molar-refractivity contribution in [2.24, 2.45) is 5.73 Å². The zero-order valence-corrected chi connectivity index (χ0v) is 11.9. The molecule has 4 heteroatoms. The smallest absolute Gasteiger partial charge is 0.243 e. The minimum absolute atomic E-state index is 0.0342. The van der Waals surface area contributed by atoms with Crippen LogP contribution < -0.4 is 5.73 Å². The topological polar surface area (TPSA) is 64.9 Å². The van der Waals surface area contributed by atoms with Gasteiger partial charge in [0.1, 0.15) is 0 Å². The maximum atomic E-state index is 6.10. The van der Waals surface area contributed by atoms with Crippen molar-refractivity contribution in [3.63, 3.8) is 0 Å². The predicted molar refractivity (Wildman–Crippen MR) is 77.2 cm³/mol. The van der Waals surface area contributed by atoms with E-state index in [1.807, 2.05) is 6.07 Å². The summed E-state index contributed by atoms with van der Waals surface area (Å²) in [7, 11) is 0. The second-order valence-electron chi connectivity index (χ2n) is 5.65. The fraction of sp³-hybridized carbons (Fsp3) is 0.500. The van der Waals surface area contributed by atoms with E-state index in [1.165, 1.54) is 5.56 Å². The summed E-state index contributed by atoms with van der Waals surface area (Å²) in [5.41, 5.74) is 7.34. The summed E-state index contributed by atoms with van der Waals surface area (Å²) in [6.07, 6.45) is 5.28. The number of aromatic nitrogens is 2. The van der Waals surface area contributed by atoms with Gasteiger partial charge >= 0.3 is 0 Å². The molecule has 0 aliphatic heterocycles. The molecule has 1 saturated carbocycles. The summed E-state index contributed by atoms with van der Waals surface area (Å²) >= 11 is 0. The van der Waals surface area contributed by atoms with E-state index in [0.717, 1.165) is 37.9 Å². The van der Waals surface area contributed by atoms with Crippen molar-refractivity contribution in [2.75, 3.05) is 0 Å². The first-order chi connectivity index (χ1) is 9.76. The van der Waals surface area contributed by atoms with E-state index in [1.54, 1.807) is 0 Å². The zero-order chi connectivity index (χ0) is 14.0. The average molecular weight is 271 g/mol. The van der Waals surface area contributed by atoms with Gasteiger partial charge in [0.05, 0.1) is 11.5 Å². The number of nitrogens with two attached hydrogens (primary N) is 1. The van der Waals surface area contributed by atoms with Crippen molar-refractivity contribution >= 4 is 0 Å². The van der Waals surface area contributed by atoms with E-state index < -0.39 is 0 Å². The van der Waals surface area contributed by atoms with Gasteiger partial charge in [-0.25, -0.2) is 0 Å². The van der Waals surface area contributed by atoms with E-state index in [2.05, 4.69) is 41.3 Å². The van der Waals surface area contributed by atoms with Crippen LogP contribution in [0.1, 0.15) is 62.3 Å². The predicted octanol–water partition coefficient (Wildman–Crippen LogP) is 3.34. The van der Waals surface area contributed by atoms with Crippen LogP contribution in [0.4, 0.5) is 0 Å². The molecular weight excluding hydrogens is 250 g/mol. The number of hydrogen-bond acceptors (Lipinski definition) is 4. The molecule has 0 radical (unpaired) electrons. The van der Waals surface area contributed by atoms with Crippen molar-refractivity contribution in [1.29, 1.82) is 0 Å². The Morgan fingerprint density at radius 1 is 1.30 bits per heavy atom. The van der Waals surface area contributed by atoms with Crippen LogP contribution in [-0.2, 0) is 5.41 Å². The summed E-state index contributed by atoms with van der Waals surface area (Å²) in [5.74, 6) is 1.38. The monoisotopic (exact) mass is 271 g/mol. The number of unbranched alkanes of at least 4 members (excludes halogenated alkanes) is 1. The highest BCUT2D eigenvalue weighted by atomic mass is 16.5. The first kappa shape index (κ1) is 13.3. The van der Waals surface area contributed by atoms with E-state index in [9.17, 15) is 0 Å². The lowest BCUT2D eigenvalue weighted by Gasteiger charge is -2.10. The average Bonchev–Trinajstić information content (AvgIpc) is 3.16. The van der Waals surface area contributed by atoms with Crippen molar-refractivity contribution in [3.8, 4) is 0 Å². The molecular formula is C16H21N3O. The largest absolute Gasteiger partial charge is 0.338 e. The van der Waals surface area contributed by atoms with Crippen LogP contribution in [0.2, 0.25) is 0 Å². The van der Waals surface area contributed by atoms with Crippen molar-refractivity contribution in [2.45, 2.75) is 50.5 Å². The Kier molecular flexibility index (Phi) is 3.57. The molecule has 1 aromatic heterocycles. The molecule has 1 aliphatic carbocycles. The molecule has 0 spiro atoms. The number of nitrogens with zero attached hydrogens (tertiary/aromatic N) is 2. The van der Waals surface area contributed by atoms with Gasteiger partial charge in [-0.15, -0.1) is 0 Å². The summed E-state index contributed by atoms with van der Waals surface area (Å²) in [5, 5.41) is 4.19. The summed E-state index contributed by atoms with van der Waals surface area (Å²) in [4.78, 5) is 4.57. The highest BCUT2D eigenvalue weighted by Crippen LogP contribution is 2.52. The fourth-order valence-electron chi connectivity index (χ4n) is 2.65. The van der Waals surface area contributed by atoms with Crippen LogP contribution in [0.3, 0.4) is 0 Å². The van der Waals surface area contributed by atoms with Gasteiger partial charge in [-0.05, 0) is 24.8 Å². The minimum Gasteiger partial charge on any atom is -0.338 e. The van der Waals surface area contributed by atoms with Gasteiger partial charge in [0.15, 0.2) is 5.82 Å². The Labute approximate surface area is 119 Å². The lowest BCUT2D eigenvalue weighted by atomic mass is 9.95. The number of benzene rings is 1. The van der Waals surface area contributed by atoms with Crippen LogP contribution in [0, 0.1) is 0 Å². The Hall–Kier alpha value is -1.68. The quantitative estimate of drug-likeness (QED) is 0.875. The van der Waals surface area contributed by atoms with Crippen LogP contribution in [0.15, 0.2) is 34.9 Å². The molecule has 1 fully saturated rings. The number of rotatable bonds is 6. The molecule has 4 nitrogen and oxygen atoms in total. The molecule has 1 atom stereocenters. The molecule has 20 heavy (non-hydrogen) atoms. The Bertz CT molecular complexity index is 560. The molecule has 1 aliphatic rings. The second-order valence-corrected chi connectivity index (χ2v) is 5.65. The summed E-state index contributed by atoms with van der Waals surface area (Å²) < 4.78 is 5.39. The Morgan fingerprint density at radius 2 is 2.05 bits per heavy atom. The maximum absolute atomic E-state index is 6.10. The van der Waals surface area contributed by atoms with E-state index >= 15 is 0 Å². The SMILES string of the molecule is CCCCC(N)c1nc(C2(c3ccccc3)CC2)no1. The summed E-state index contributed by atoms with van der Waals surface area (Å²) in [6.45, 7) is 2.15. The third kappa shape index (κ3) is 2.36. The fourth-order valence-corrected chi connectivity index (χ4v) is 2.65. The van der Waals surface area contributed by atoms with Crippen molar-refractivity contribution in [1.82, 2.24) is 10.1 Å². The molecule has 0 amide bonds. The first-order valence-electron chi connectivity index (χ1n) is 7.41. The summed E-state index contributed by atoms with van der Waals surface area (Å²) in [6, 6.07) is 10.3. The molecule has 106 valence electrons. The van der Waals surface area contributed by atoms with Crippen LogP contribution >= 0.6 is 0 Å². The van der Waals surface area contributed by atoms with Gasteiger partial charge in [-0.2, -0.15) is 4.98 Å². The molecule has 1 heterocycles. The molecule has 1 unspecified atom stereocenters. The number of hydrogen-bond donors (Lipinski definition) is 1. The van der Waals surface area contributed by atoms with E-state index in [4.69, 9.17) is 10.3 Å². The van der Waals surface area contributed by atoms with Gasteiger partial charge in [0.2, 0.25) is 5.89 Å². The third-order valence-corrected chi connectivity index (χ3v) is 4.13. The highest BCUT2D eigenvalue weighted by molar-refractivity contribution is 5.38. The first-order valence-corrected chi connectivity index (χ1v) is 7.41. The normalized spacial score (nSPS) is 17.9. The molecule has 0 bridgehead atoms. The second kappa shape index (κ2) is 5.37. The van der Waals surface area contributed by atoms with Gasteiger partial charge in [0, 0.05) is 0 Å². The molecule has 0 saturated heterocycles. The van der Waals surface area contributed by atoms with E-state index in [0.29, 0.717) is 5.89 Å². The molecule has 1 aromatic carbocycles. The van der Waals surface area contributed by atoms with Crippen molar-refractivity contribution < 1.29 is 4.52 Å². The zero-order valence-electron chi connectivity index (χ0n) is 11.9. The lowest BCUT2D eigenvalue weighted by molar-refractivity contribution is 0.341. The third-order valence-electron chi connectivity index (χ3n) is 4.13. The van der Waals surface area contributed by atoms with E-state index in [-0.39, 0.29) is 11.5 Å². The highest BCUT2D eigenvalue weighted by Gasteiger charge is 2.50. The Morgan fingerprint density at radius 3 is 2.70 bits per heavy atom. The van der Waals surface area contributed by atoms with Crippen LogP contribution in [0.25, 0.3) is 0 Å². The van der Waals surface area contributed by atoms with Gasteiger partial charge < -0.3 is 10.3 Å². The standard InChI is InChI=1S/C16H21N3O/c1-2-3-9-13(17)14-18-15(19-20-14)16(10-11-16)12-7-5-4-6-8-12/h4-8,13H,2-3,9-11,17H2,1H3. The molecule has 3 rings (SSSR count). The lowest BCUT2D eigenvalue weighted by Crippen LogP contribution is -2.13. The van der Waals surface area contributed by atoms with Crippen LogP contribution in [-0.4, -0.2) is 10.1 Å². The van der Waals surface area contributed by atoms with Gasteiger partial charge in [-0.1, -0.05) is 55.3 Å². The van der Waals surface area contributed by atoms with Gasteiger partial charge in [-0.3, -0.25) is 0 Å². The van der Waals surface area contributed by atoms with Gasteiger partial charge in [0.25, 0.3) is 0 Å². The minimum atomic E-state index is -0.136. The van der Waals surface area contributed by atoms with Crippen molar-refractivity contribution in [3.05, 3.63) is 47.6 Å². The Balaban J connectivity index is 1.80. The van der Waals surface area contributed by atoms with Crippen LogP contribution in [0.5, 0.6) is 0 Å². The molecule has 2 N–H and O–H groups in total. The molecule has 2 aromatic rings.